The second kappa shape index (κ2) is 7.37. The molecule has 116 valence electrons. The number of carbonyl (C=O) groups excluding carboxylic acids is 1. The molecule has 1 amide bonds. The Morgan fingerprint density at radius 1 is 1.52 bits per heavy atom. The maximum atomic E-state index is 12.1. The minimum absolute atomic E-state index is 0.0828. The number of nitrogens with zero attached hydrogens (tertiary/aromatic N) is 1. The van der Waals surface area contributed by atoms with Crippen LogP contribution in [0.15, 0.2) is 12.1 Å². The summed E-state index contributed by atoms with van der Waals surface area (Å²) in [7, 11) is 0.458. The lowest BCUT2D eigenvalue weighted by Gasteiger charge is -2.13. The molecule has 1 aromatic carbocycles. The summed E-state index contributed by atoms with van der Waals surface area (Å²) >= 11 is 5.95. The van der Waals surface area contributed by atoms with E-state index in [0.717, 1.165) is 6.07 Å². The van der Waals surface area contributed by atoms with Crippen LogP contribution in [0.2, 0.25) is 5.02 Å². The quantitative estimate of drug-likeness (QED) is 0.610. The molecule has 0 aromatic heterocycles. The Morgan fingerprint density at radius 3 is 2.62 bits per heavy atom. The molecule has 2 unspecified atom stereocenters. The first kappa shape index (κ1) is 17.4. The molecule has 0 aliphatic carbocycles. The molecule has 0 bridgehead atoms. The van der Waals surface area contributed by atoms with Gasteiger partial charge in [-0.1, -0.05) is 11.6 Å². The molecule has 0 saturated heterocycles. The Labute approximate surface area is 129 Å². The lowest BCUT2D eigenvalue weighted by Crippen LogP contribution is -2.36. The summed E-state index contributed by atoms with van der Waals surface area (Å²) in [6.07, 6.45) is 1.53. The van der Waals surface area contributed by atoms with Gasteiger partial charge in [0, 0.05) is 47.5 Å². The minimum Gasteiger partial charge on any atom is -0.381 e. The van der Waals surface area contributed by atoms with Crippen LogP contribution in [0.5, 0.6) is 0 Å². The molecule has 0 saturated carbocycles. The molecule has 1 aromatic rings. The van der Waals surface area contributed by atoms with E-state index in [-0.39, 0.29) is 28.0 Å². The number of amides is 1. The van der Waals surface area contributed by atoms with Gasteiger partial charge in [-0.05, 0) is 13.0 Å². The fraction of sp³-hybridized carbons (Fsp3) is 0.417. The molecular weight excluding hydrogens is 318 g/mol. The predicted molar refractivity (Wildman–Crippen MR) is 83.5 cm³/mol. The Hall–Kier alpha value is -1.67. The molecule has 2 N–H and O–H groups in total. The molecule has 0 spiro atoms. The van der Waals surface area contributed by atoms with Crippen LogP contribution < -0.4 is 10.6 Å². The molecule has 0 aliphatic heterocycles. The first-order valence-corrected chi connectivity index (χ1v) is 8.13. The van der Waals surface area contributed by atoms with Gasteiger partial charge in [-0.25, -0.2) is 0 Å². The van der Waals surface area contributed by atoms with Gasteiger partial charge in [-0.2, -0.15) is 0 Å². The summed E-state index contributed by atoms with van der Waals surface area (Å²) < 4.78 is 11.1. The number of benzene rings is 1. The molecule has 0 heterocycles. The fourth-order valence-corrected chi connectivity index (χ4v) is 2.91. The lowest BCUT2D eigenvalue weighted by atomic mass is 10.1. The van der Waals surface area contributed by atoms with Crippen molar-refractivity contribution in [2.24, 2.45) is 0 Å². The second-order valence-corrected chi connectivity index (χ2v) is 6.36. The zero-order valence-electron chi connectivity index (χ0n) is 11.8. The molecule has 2 atom stereocenters. The van der Waals surface area contributed by atoms with Crippen LogP contribution in [0.4, 0.5) is 11.4 Å². The summed E-state index contributed by atoms with van der Waals surface area (Å²) in [5, 5.41) is 16.4. The molecule has 21 heavy (non-hydrogen) atoms. The third-order valence-corrected chi connectivity index (χ3v) is 3.91. The number of halogens is 1. The van der Waals surface area contributed by atoms with Crippen molar-refractivity contribution in [3.05, 3.63) is 32.8 Å². The van der Waals surface area contributed by atoms with E-state index in [0.29, 0.717) is 5.75 Å². The fourth-order valence-electron chi connectivity index (χ4n) is 1.82. The van der Waals surface area contributed by atoms with Gasteiger partial charge < -0.3 is 10.6 Å². The summed E-state index contributed by atoms with van der Waals surface area (Å²) in [4.78, 5) is 22.4. The highest BCUT2D eigenvalue weighted by atomic mass is 35.5. The van der Waals surface area contributed by atoms with Gasteiger partial charge >= 0.3 is 0 Å². The van der Waals surface area contributed by atoms with Crippen LogP contribution in [0.1, 0.15) is 17.3 Å². The molecule has 0 aliphatic rings. The van der Waals surface area contributed by atoms with Gasteiger partial charge in [-0.15, -0.1) is 0 Å². The molecule has 0 fully saturated rings. The zero-order valence-corrected chi connectivity index (χ0v) is 13.4. The lowest BCUT2D eigenvalue weighted by molar-refractivity contribution is -0.383. The van der Waals surface area contributed by atoms with Crippen molar-refractivity contribution >= 4 is 39.7 Å². The van der Waals surface area contributed by atoms with Crippen molar-refractivity contribution in [1.29, 1.82) is 0 Å². The van der Waals surface area contributed by atoms with Gasteiger partial charge in [-0.3, -0.25) is 19.1 Å². The third-order valence-electron chi connectivity index (χ3n) is 2.64. The van der Waals surface area contributed by atoms with Crippen LogP contribution in [0.25, 0.3) is 0 Å². The highest BCUT2D eigenvalue weighted by Crippen LogP contribution is 2.33. The van der Waals surface area contributed by atoms with Gasteiger partial charge in [0.05, 0.1) is 9.95 Å². The monoisotopic (exact) mass is 333 g/mol. The summed E-state index contributed by atoms with van der Waals surface area (Å²) in [6, 6.07) is 2.19. The number of nitro groups is 1. The standard InChI is InChI=1S/C12H16ClN3O4S/c1-7(6-21(3)20)15-12(17)8-4-9(13)11(14-2)10(5-8)16(18)19/h4-5,7,14H,6H2,1-3H3,(H,15,17). The Morgan fingerprint density at radius 2 is 2.14 bits per heavy atom. The topological polar surface area (TPSA) is 101 Å². The van der Waals surface area contributed by atoms with Crippen LogP contribution in [-0.2, 0) is 10.8 Å². The van der Waals surface area contributed by atoms with E-state index in [1.54, 1.807) is 6.92 Å². The largest absolute Gasteiger partial charge is 0.381 e. The van der Waals surface area contributed by atoms with Crippen molar-refractivity contribution in [2.45, 2.75) is 13.0 Å². The van der Waals surface area contributed by atoms with E-state index in [4.69, 9.17) is 11.6 Å². The predicted octanol–water partition coefficient (Wildman–Crippen LogP) is 1.79. The number of hydrogen-bond acceptors (Lipinski definition) is 5. The second-order valence-electron chi connectivity index (χ2n) is 4.47. The smallest absolute Gasteiger partial charge is 0.294 e. The van der Waals surface area contributed by atoms with Gasteiger partial charge in [0.1, 0.15) is 5.69 Å². The summed E-state index contributed by atoms with van der Waals surface area (Å²) in [5.41, 5.74) is -0.0396. The van der Waals surface area contributed by atoms with E-state index in [9.17, 15) is 19.1 Å². The summed E-state index contributed by atoms with van der Waals surface area (Å²) in [5.74, 6) is -0.198. The number of nitrogens with one attached hydrogen (secondary N) is 2. The molecular formula is C12H16ClN3O4S. The van der Waals surface area contributed by atoms with Gasteiger partial charge in [0.25, 0.3) is 11.6 Å². The SMILES string of the molecule is CNc1c(Cl)cc(C(=O)NC(C)CS(C)=O)cc1[N+](=O)[O-]. The first-order chi connectivity index (χ1) is 9.76. The summed E-state index contributed by atoms with van der Waals surface area (Å²) in [6.45, 7) is 1.71. The first-order valence-electron chi connectivity index (χ1n) is 6.02. The number of rotatable bonds is 6. The van der Waals surface area contributed by atoms with Crippen molar-refractivity contribution in [3.63, 3.8) is 0 Å². The van der Waals surface area contributed by atoms with E-state index >= 15 is 0 Å². The maximum absolute atomic E-state index is 12.1. The Bertz CT molecular complexity index is 594. The maximum Gasteiger partial charge on any atom is 0.294 e. The third kappa shape index (κ3) is 4.68. The van der Waals surface area contributed by atoms with Crippen LogP contribution in [0, 0.1) is 10.1 Å². The minimum atomic E-state index is -1.05. The zero-order chi connectivity index (χ0) is 16.2. The number of carbonyl (C=O) groups is 1. The average Bonchev–Trinajstić information content (AvgIpc) is 2.36. The highest BCUT2D eigenvalue weighted by molar-refractivity contribution is 7.84. The Balaban J connectivity index is 3.06. The average molecular weight is 334 g/mol. The normalized spacial score (nSPS) is 13.3. The highest BCUT2D eigenvalue weighted by Gasteiger charge is 2.21. The van der Waals surface area contributed by atoms with Crippen molar-refractivity contribution < 1.29 is 13.9 Å². The van der Waals surface area contributed by atoms with E-state index in [1.807, 2.05) is 0 Å². The van der Waals surface area contributed by atoms with Crippen molar-refractivity contribution in [3.8, 4) is 0 Å². The van der Waals surface area contributed by atoms with Gasteiger partial charge in [0.2, 0.25) is 0 Å². The molecule has 9 heteroatoms. The molecule has 7 nitrogen and oxygen atoms in total. The number of hydrogen-bond donors (Lipinski definition) is 2. The van der Waals surface area contributed by atoms with Crippen LogP contribution >= 0.6 is 11.6 Å². The Kier molecular flexibility index (Phi) is 6.10. The van der Waals surface area contributed by atoms with Crippen LogP contribution in [-0.4, -0.2) is 40.1 Å². The van der Waals surface area contributed by atoms with E-state index in [2.05, 4.69) is 10.6 Å². The number of nitro benzene ring substituents is 1. The van der Waals surface area contributed by atoms with E-state index in [1.165, 1.54) is 19.4 Å². The number of anilines is 1. The van der Waals surface area contributed by atoms with Crippen LogP contribution in [0.3, 0.4) is 0 Å². The molecule has 0 radical (unpaired) electrons. The van der Waals surface area contributed by atoms with Crippen molar-refractivity contribution in [2.75, 3.05) is 24.4 Å². The van der Waals surface area contributed by atoms with Crippen molar-refractivity contribution in [1.82, 2.24) is 5.32 Å². The molecule has 1 rings (SSSR count). The van der Waals surface area contributed by atoms with E-state index < -0.39 is 21.6 Å². The van der Waals surface area contributed by atoms with Gasteiger partial charge in [0.15, 0.2) is 0 Å².